The monoisotopic (exact) mass is 435 g/mol. The van der Waals surface area contributed by atoms with Crippen molar-refractivity contribution in [3.8, 4) is 11.3 Å². The Morgan fingerprint density at radius 3 is 2.78 bits per heavy atom. The van der Waals surface area contributed by atoms with Gasteiger partial charge in [0.25, 0.3) is 0 Å². The highest BCUT2D eigenvalue weighted by molar-refractivity contribution is 7.99. The lowest BCUT2D eigenvalue weighted by atomic mass is 9.83. The molecule has 1 aliphatic carbocycles. The molecule has 0 bridgehead atoms. The number of nitrogens with zero attached hydrogens (tertiary/aromatic N) is 2. The highest BCUT2D eigenvalue weighted by Gasteiger charge is 2.33. The number of rotatable bonds is 2. The minimum absolute atomic E-state index is 0.381. The summed E-state index contributed by atoms with van der Waals surface area (Å²) in [4.78, 5) is 6.66. The maximum Gasteiger partial charge on any atom is 0.231 e. The van der Waals surface area contributed by atoms with Gasteiger partial charge in [0.1, 0.15) is 7.05 Å². The molecule has 0 N–H and O–H groups in total. The van der Waals surface area contributed by atoms with E-state index in [4.69, 9.17) is 6.57 Å². The molecule has 0 amide bonds. The predicted octanol–water partition coefficient (Wildman–Crippen LogP) is 6.99. The molecule has 0 unspecified atom stereocenters. The topological polar surface area (TPSA) is 8.24 Å². The molecule has 158 valence electrons. The molecule has 4 aromatic rings. The number of hydrogen-bond acceptors (Lipinski definition) is 1. The molecule has 0 spiro atoms. The second-order valence-corrected chi connectivity index (χ2v) is 11.1. The lowest BCUT2D eigenvalue weighted by Gasteiger charge is -2.28. The number of hydrogen-bond donors (Lipinski definition) is 0. The third kappa shape index (κ3) is 2.76. The molecule has 2 aliphatic rings. The van der Waals surface area contributed by atoms with E-state index in [1.165, 1.54) is 72.1 Å². The second-order valence-electron chi connectivity index (χ2n) is 10.0. The molecule has 0 fully saturated rings. The zero-order valence-corrected chi connectivity index (χ0v) is 20.0. The van der Waals surface area contributed by atoms with Gasteiger partial charge in [-0.15, -0.1) is 0 Å². The Balaban J connectivity index is 1.70. The first-order chi connectivity index (χ1) is 15.4. The molecule has 3 heteroatoms. The van der Waals surface area contributed by atoms with Gasteiger partial charge in [0, 0.05) is 29.7 Å². The van der Waals surface area contributed by atoms with Crippen LogP contribution in [0.2, 0.25) is 0 Å². The molecular formula is C29H27N2S+. The molecule has 0 radical (unpaired) electrons. The van der Waals surface area contributed by atoms with Crippen LogP contribution < -0.4 is 4.57 Å². The Labute approximate surface area is 194 Å². The van der Waals surface area contributed by atoms with Gasteiger partial charge in [-0.3, -0.25) is 0 Å². The lowest BCUT2D eigenvalue weighted by molar-refractivity contribution is -0.659. The summed E-state index contributed by atoms with van der Waals surface area (Å²) in [5, 5.41) is 5.57. The van der Waals surface area contributed by atoms with Crippen LogP contribution in [0.15, 0.2) is 52.4 Å². The van der Waals surface area contributed by atoms with Crippen molar-refractivity contribution in [3.05, 3.63) is 76.3 Å². The van der Waals surface area contributed by atoms with Crippen molar-refractivity contribution in [2.45, 2.75) is 61.8 Å². The van der Waals surface area contributed by atoms with E-state index in [2.05, 4.69) is 66.0 Å². The van der Waals surface area contributed by atoms with Crippen molar-refractivity contribution < 1.29 is 4.57 Å². The van der Waals surface area contributed by atoms with E-state index in [0.717, 1.165) is 12.8 Å². The van der Waals surface area contributed by atoms with E-state index in [1.54, 1.807) is 5.56 Å². The third-order valence-electron chi connectivity index (χ3n) is 7.25. The molecular weight excluding hydrogens is 408 g/mol. The zero-order valence-electron chi connectivity index (χ0n) is 19.2. The Hall–Kier alpha value is -2.83. The third-order valence-corrected chi connectivity index (χ3v) is 8.45. The van der Waals surface area contributed by atoms with Crippen LogP contribution in [-0.2, 0) is 26.3 Å². The summed E-state index contributed by atoms with van der Waals surface area (Å²) < 4.78 is 2.31. The highest BCUT2D eigenvalue weighted by Crippen LogP contribution is 2.53. The summed E-state index contributed by atoms with van der Waals surface area (Å²) in [5.74, 6) is 0. The Morgan fingerprint density at radius 1 is 1.12 bits per heavy atom. The predicted molar refractivity (Wildman–Crippen MR) is 133 cm³/mol. The van der Waals surface area contributed by atoms with Crippen LogP contribution in [0.25, 0.3) is 37.6 Å². The van der Waals surface area contributed by atoms with Crippen LogP contribution in [-0.4, -0.2) is 5.54 Å². The summed E-state index contributed by atoms with van der Waals surface area (Å²) in [7, 11) is 2.18. The fourth-order valence-corrected chi connectivity index (χ4v) is 7.22. The number of fused-ring (bicyclic) bond motifs is 3. The van der Waals surface area contributed by atoms with Crippen LogP contribution in [0.1, 0.15) is 42.5 Å². The number of aromatic nitrogens is 1. The van der Waals surface area contributed by atoms with Crippen LogP contribution in [0.4, 0.5) is 0 Å². The van der Waals surface area contributed by atoms with E-state index >= 15 is 0 Å². The number of pyridine rings is 1. The van der Waals surface area contributed by atoms with Crippen LogP contribution in [0, 0.1) is 13.5 Å². The fourth-order valence-electron chi connectivity index (χ4n) is 5.80. The summed E-state index contributed by atoms with van der Waals surface area (Å²) in [6.07, 6.45) is 6.55. The first kappa shape index (κ1) is 19.8. The second kappa shape index (κ2) is 6.83. The van der Waals surface area contributed by atoms with Crippen molar-refractivity contribution >= 4 is 33.3 Å². The Morgan fingerprint density at radius 2 is 1.97 bits per heavy atom. The molecule has 2 nitrogen and oxygen atoms in total. The van der Waals surface area contributed by atoms with E-state index in [9.17, 15) is 0 Å². The van der Waals surface area contributed by atoms with Gasteiger partial charge in [0.05, 0.1) is 17.4 Å². The lowest BCUT2D eigenvalue weighted by Crippen LogP contribution is -2.32. The van der Waals surface area contributed by atoms with E-state index < -0.39 is 0 Å². The maximum absolute atomic E-state index is 7.58. The van der Waals surface area contributed by atoms with Gasteiger partial charge in [0.15, 0.2) is 6.20 Å². The molecule has 0 saturated carbocycles. The smallest absolute Gasteiger partial charge is 0.231 e. The van der Waals surface area contributed by atoms with Gasteiger partial charge in [-0.1, -0.05) is 36.0 Å². The van der Waals surface area contributed by atoms with Crippen molar-refractivity contribution in [3.63, 3.8) is 0 Å². The van der Waals surface area contributed by atoms with Crippen molar-refractivity contribution in [2.24, 2.45) is 7.05 Å². The standard InChI is InChI=1S/C29H27N2S/c1-17-21-10-6-8-19-9-7-11-22(25(19)21)28-24(17)27-26-20(12-13-31(27)5)14-18(15-23(26)32-28)16-29(2,3)30-4/h6,8,10,12-15H,7,9,11,16H2,1-3,5H3/q+1. The first-order valence-corrected chi connectivity index (χ1v) is 12.3. The van der Waals surface area contributed by atoms with E-state index in [0.29, 0.717) is 0 Å². The molecule has 3 aromatic carbocycles. The fraction of sp³-hybridized carbons (Fsp3) is 0.310. The van der Waals surface area contributed by atoms with Crippen LogP contribution in [0.5, 0.6) is 0 Å². The average Bonchev–Trinajstić information content (AvgIpc) is 2.78. The normalized spacial score (nSPS) is 14.5. The van der Waals surface area contributed by atoms with Gasteiger partial charge in [-0.05, 0) is 70.7 Å². The van der Waals surface area contributed by atoms with Crippen LogP contribution >= 0.6 is 11.8 Å². The summed E-state index contributed by atoms with van der Waals surface area (Å²) in [6.45, 7) is 14.0. The van der Waals surface area contributed by atoms with Gasteiger partial charge >= 0.3 is 0 Å². The highest BCUT2D eigenvalue weighted by atomic mass is 32.2. The molecule has 0 atom stereocenters. The number of aryl methyl sites for hydroxylation is 4. The number of benzene rings is 3. The first-order valence-electron chi connectivity index (χ1n) is 11.5. The minimum atomic E-state index is -0.381. The van der Waals surface area contributed by atoms with Crippen molar-refractivity contribution in [1.82, 2.24) is 0 Å². The van der Waals surface area contributed by atoms with Gasteiger partial charge in [0.2, 0.25) is 11.2 Å². The molecule has 1 aromatic heterocycles. The summed E-state index contributed by atoms with van der Waals surface area (Å²) in [6, 6.07) is 13.8. The summed E-state index contributed by atoms with van der Waals surface area (Å²) in [5.41, 5.74) is 8.10. The van der Waals surface area contributed by atoms with Gasteiger partial charge < -0.3 is 4.85 Å². The SMILES string of the molecule is [C-]#[N+]C(C)(C)Cc1cc2c3c([n+](C)ccc3c1)-c1c(c3c4c(cccc4c1C)CCC3)S2. The molecule has 0 saturated heterocycles. The summed E-state index contributed by atoms with van der Waals surface area (Å²) >= 11 is 1.96. The van der Waals surface area contributed by atoms with Crippen LogP contribution in [0.3, 0.4) is 0 Å². The van der Waals surface area contributed by atoms with Gasteiger partial charge in [-0.25, -0.2) is 11.1 Å². The van der Waals surface area contributed by atoms with E-state index in [-0.39, 0.29) is 5.54 Å². The molecule has 6 rings (SSSR count). The van der Waals surface area contributed by atoms with E-state index in [1.807, 2.05) is 25.6 Å². The van der Waals surface area contributed by atoms with Crippen molar-refractivity contribution in [1.29, 1.82) is 0 Å². The quantitative estimate of drug-likeness (QED) is 0.214. The maximum atomic E-state index is 7.58. The molecule has 2 heterocycles. The average molecular weight is 436 g/mol. The largest absolute Gasteiger partial charge is 0.311 e. The molecule has 1 aliphatic heterocycles. The molecule has 32 heavy (non-hydrogen) atoms. The Kier molecular flexibility index (Phi) is 4.23. The van der Waals surface area contributed by atoms with Gasteiger partial charge in [-0.2, -0.15) is 0 Å². The van der Waals surface area contributed by atoms with Crippen molar-refractivity contribution in [2.75, 3.05) is 0 Å². The Bertz CT molecular complexity index is 1500. The zero-order chi connectivity index (χ0) is 22.2. The minimum Gasteiger partial charge on any atom is -0.311 e.